The van der Waals surface area contributed by atoms with Crippen molar-refractivity contribution < 1.29 is 4.79 Å². The van der Waals surface area contributed by atoms with E-state index in [4.69, 9.17) is 11.6 Å². The maximum absolute atomic E-state index is 12.5. The molecular weight excluding hydrogens is 406 g/mol. The monoisotopic (exact) mass is 419 g/mol. The number of hydrogen-bond donors (Lipinski definition) is 1. The lowest BCUT2D eigenvalue weighted by molar-refractivity contribution is -0.116. The third-order valence-corrected chi connectivity index (χ3v) is 4.81. The maximum Gasteiger partial charge on any atom is 0.261 e. The molecule has 0 atom stereocenters. The van der Waals surface area contributed by atoms with Gasteiger partial charge in [-0.25, -0.2) is 4.98 Å². The number of carbonyl (C=O) groups excluding carboxylic acids is 1. The highest BCUT2D eigenvalue weighted by atomic mass is 79.9. The molecule has 0 aliphatic heterocycles. The van der Waals surface area contributed by atoms with Gasteiger partial charge in [0.1, 0.15) is 0 Å². The highest BCUT2D eigenvalue weighted by Gasteiger charge is 2.09. The van der Waals surface area contributed by atoms with E-state index >= 15 is 0 Å². The van der Waals surface area contributed by atoms with Crippen LogP contribution in [-0.2, 0) is 11.3 Å². The average Bonchev–Trinajstić information content (AvgIpc) is 2.59. The van der Waals surface area contributed by atoms with Crippen LogP contribution in [0.1, 0.15) is 12.0 Å². The van der Waals surface area contributed by atoms with Crippen LogP contribution < -0.4 is 10.9 Å². The normalized spacial score (nSPS) is 10.8. The minimum Gasteiger partial charge on any atom is -0.326 e. The molecule has 1 heterocycles. The topological polar surface area (TPSA) is 64.0 Å². The minimum atomic E-state index is -0.188. The number of fused-ring (bicyclic) bond motifs is 1. The first kappa shape index (κ1) is 17.6. The van der Waals surface area contributed by atoms with Crippen molar-refractivity contribution in [2.45, 2.75) is 19.9 Å². The largest absolute Gasteiger partial charge is 0.326 e. The second-order valence-corrected chi connectivity index (χ2v) is 6.94. The summed E-state index contributed by atoms with van der Waals surface area (Å²) in [6.45, 7) is 2.09. The lowest BCUT2D eigenvalue weighted by Gasteiger charge is -2.10. The van der Waals surface area contributed by atoms with Crippen molar-refractivity contribution in [1.82, 2.24) is 9.55 Å². The van der Waals surface area contributed by atoms with Gasteiger partial charge in [0.05, 0.1) is 17.2 Å². The van der Waals surface area contributed by atoms with Crippen molar-refractivity contribution >= 4 is 50.0 Å². The van der Waals surface area contributed by atoms with Crippen molar-refractivity contribution in [2.24, 2.45) is 0 Å². The van der Waals surface area contributed by atoms with E-state index in [2.05, 4.69) is 26.2 Å². The summed E-state index contributed by atoms with van der Waals surface area (Å²) in [4.78, 5) is 28.9. The molecule has 0 bridgehead atoms. The Kier molecular flexibility index (Phi) is 5.20. The Morgan fingerprint density at radius 1 is 1.32 bits per heavy atom. The fourth-order valence-corrected chi connectivity index (χ4v) is 3.00. The van der Waals surface area contributed by atoms with E-state index < -0.39 is 0 Å². The molecule has 0 radical (unpaired) electrons. The van der Waals surface area contributed by atoms with Crippen LogP contribution in [0.3, 0.4) is 0 Å². The van der Waals surface area contributed by atoms with Gasteiger partial charge in [-0.15, -0.1) is 0 Å². The molecule has 7 heteroatoms. The van der Waals surface area contributed by atoms with Gasteiger partial charge in [-0.05, 0) is 42.8 Å². The Balaban J connectivity index is 1.74. The number of nitrogens with zero attached hydrogens (tertiary/aromatic N) is 2. The number of amides is 1. The van der Waals surface area contributed by atoms with Crippen LogP contribution in [0.5, 0.6) is 0 Å². The quantitative estimate of drug-likeness (QED) is 0.689. The highest BCUT2D eigenvalue weighted by Crippen LogP contribution is 2.23. The van der Waals surface area contributed by atoms with Crippen LogP contribution in [0.15, 0.2) is 52.0 Å². The van der Waals surface area contributed by atoms with Gasteiger partial charge >= 0.3 is 0 Å². The molecule has 5 nitrogen and oxygen atoms in total. The number of anilines is 1. The van der Waals surface area contributed by atoms with Gasteiger partial charge in [0.15, 0.2) is 0 Å². The predicted octanol–water partition coefficient (Wildman–Crippen LogP) is 4.15. The fraction of sp³-hybridized carbons (Fsp3) is 0.167. The van der Waals surface area contributed by atoms with E-state index in [1.54, 1.807) is 30.3 Å². The van der Waals surface area contributed by atoms with Crippen LogP contribution in [0, 0.1) is 6.92 Å². The zero-order chi connectivity index (χ0) is 18.0. The molecule has 0 saturated heterocycles. The predicted molar refractivity (Wildman–Crippen MR) is 103 cm³/mol. The summed E-state index contributed by atoms with van der Waals surface area (Å²) in [5, 5.41) is 3.93. The van der Waals surface area contributed by atoms with Crippen molar-refractivity contribution in [1.29, 1.82) is 0 Å². The van der Waals surface area contributed by atoms with Gasteiger partial charge in [0.25, 0.3) is 5.56 Å². The summed E-state index contributed by atoms with van der Waals surface area (Å²) in [5.41, 5.74) is 1.94. The molecule has 25 heavy (non-hydrogen) atoms. The summed E-state index contributed by atoms with van der Waals surface area (Å²) in [6.07, 6.45) is 1.63. The Hall–Kier alpha value is -2.18. The van der Waals surface area contributed by atoms with Crippen molar-refractivity contribution in [3.63, 3.8) is 0 Å². The Labute approximate surface area is 157 Å². The number of aromatic nitrogens is 2. The van der Waals surface area contributed by atoms with Crippen LogP contribution >= 0.6 is 27.5 Å². The summed E-state index contributed by atoms with van der Waals surface area (Å²) >= 11 is 9.40. The number of aryl methyl sites for hydroxylation is 1. The van der Waals surface area contributed by atoms with E-state index in [9.17, 15) is 9.59 Å². The van der Waals surface area contributed by atoms with Gasteiger partial charge in [-0.2, -0.15) is 0 Å². The average molecular weight is 421 g/mol. The number of carbonyl (C=O) groups is 1. The molecular formula is C18H15BrClN3O2. The maximum atomic E-state index is 12.5. The second kappa shape index (κ2) is 7.37. The van der Waals surface area contributed by atoms with Gasteiger partial charge in [-0.3, -0.25) is 14.2 Å². The molecule has 0 aliphatic rings. The molecule has 0 unspecified atom stereocenters. The molecule has 1 amide bonds. The van der Waals surface area contributed by atoms with E-state index in [1.807, 2.05) is 13.0 Å². The number of rotatable bonds is 4. The van der Waals surface area contributed by atoms with E-state index in [-0.39, 0.29) is 24.4 Å². The van der Waals surface area contributed by atoms with Gasteiger partial charge in [0.2, 0.25) is 5.91 Å². The molecule has 1 aromatic heterocycles. The van der Waals surface area contributed by atoms with E-state index in [1.165, 1.54) is 10.9 Å². The standard InChI is InChI=1S/C18H15BrClN3O2/c1-11-14(20)3-2-4-15(11)22-17(24)7-8-23-10-21-16-6-5-12(19)9-13(16)18(23)25/h2-6,9-10H,7-8H2,1H3,(H,22,24). The minimum absolute atomic E-state index is 0.160. The summed E-state index contributed by atoms with van der Waals surface area (Å²) in [7, 11) is 0. The molecule has 3 aromatic rings. The lowest BCUT2D eigenvalue weighted by atomic mass is 10.2. The highest BCUT2D eigenvalue weighted by molar-refractivity contribution is 9.10. The molecule has 0 fully saturated rings. The molecule has 1 N–H and O–H groups in total. The van der Waals surface area contributed by atoms with Crippen LogP contribution in [0.2, 0.25) is 5.02 Å². The summed E-state index contributed by atoms with van der Waals surface area (Å²) in [6, 6.07) is 10.7. The lowest BCUT2D eigenvalue weighted by Crippen LogP contribution is -2.23. The number of benzene rings is 2. The summed E-state index contributed by atoms with van der Waals surface area (Å²) < 4.78 is 2.25. The zero-order valence-electron chi connectivity index (χ0n) is 13.4. The van der Waals surface area contributed by atoms with Gasteiger partial charge in [0, 0.05) is 28.1 Å². The third-order valence-electron chi connectivity index (χ3n) is 3.91. The molecule has 0 spiro atoms. The summed E-state index contributed by atoms with van der Waals surface area (Å²) in [5.74, 6) is -0.188. The van der Waals surface area contributed by atoms with Crippen molar-refractivity contribution in [3.05, 3.63) is 68.1 Å². The first-order chi connectivity index (χ1) is 12.0. The Morgan fingerprint density at radius 3 is 2.92 bits per heavy atom. The third kappa shape index (κ3) is 3.91. The van der Waals surface area contributed by atoms with Crippen molar-refractivity contribution in [2.75, 3.05) is 5.32 Å². The fourth-order valence-electron chi connectivity index (χ4n) is 2.47. The van der Waals surface area contributed by atoms with E-state index in [0.29, 0.717) is 21.6 Å². The molecule has 2 aromatic carbocycles. The molecule has 128 valence electrons. The zero-order valence-corrected chi connectivity index (χ0v) is 15.8. The first-order valence-electron chi connectivity index (χ1n) is 7.65. The van der Waals surface area contributed by atoms with E-state index in [0.717, 1.165) is 10.0 Å². The van der Waals surface area contributed by atoms with Crippen LogP contribution in [0.25, 0.3) is 10.9 Å². The van der Waals surface area contributed by atoms with Gasteiger partial charge < -0.3 is 5.32 Å². The number of halogens is 2. The Bertz CT molecular complexity index is 1020. The Morgan fingerprint density at radius 2 is 2.12 bits per heavy atom. The molecule has 3 rings (SSSR count). The van der Waals surface area contributed by atoms with Gasteiger partial charge in [-0.1, -0.05) is 33.6 Å². The van der Waals surface area contributed by atoms with Crippen LogP contribution in [-0.4, -0.2) is 15.5 Å². The molecule has 0 aliphatic carbocycles. The number of hydrogen-bond acceptors (Lipinski definition) is 3. The SMILES string of the molecule is Cc1c(Cl)cccc1NC(=O)CCn1cnc2ccc(Br)cc2c1=O. The number of nitrogens with one attached hydrogen (secondary N) is 1. The van der Waals surface area contributed by atoms with Crippen molar-refractivity contribution in [3.8, 4) is 0 Å². The van der Waals surface area contributed by atoms with Crippen LogP contribution in [0.4, 0.5) is 5.69 Å². The second-order valence-electron chi connectivity index (χ2n) is 5.62. The molecule has 0 saturated carbocycles. The first-order valence-corrected chi connectivity index (χ1v) is 8.82. The smallest absolute Gasteiger partial charge is 0.261 e.